The predicted molar refractivity (Wildman–Crippen MR) is 88.3 cm³/mol. The van der Waals surface area contributed by atoms with Gasteiger partial charge in [-0.2, -0.15) is 0 Å². The topological polar surface area (TPSA) is 75.7 Å². The van der Waals surface area contributed by atoms with E-state index < -0.39 is 12.6 Å². The van der Waals surface area contributed by atoms with E-state index >= 15 is 0 Å². The van der Waals surface area contributed by atoms with E-state index in [1.807, 2.05) is 0 Å². The van der Waals surface area contributed by atoms with E-state index in [1.165, 1.54) is 13.2 Å². The fourth-order valence-corrected chi connectivity index (χ4v) is 2.14. The standard InChI is InChI=1S/C18H15ClO5/c1-23-17-9-12(6-8-16(17)24-11-18(21)22)5-7-15(20)13-3-2-4-14(19)10-13/h2-10H,11H2,1H3,(H,21,22)/p-1/b7-5+. The molecule has 2 aromatic carbocycles. The Morgan fingerprint density at radius 1 is 1.17 bits per heavy atom. The summed E-state index contributed by atoms with van der Waals surface area (Å²) in [5, 5.41) is 10.9. The maximum absolute atomic E-state index is 12.1. The van der Waals surface area contributed by atoms with E-state index in [0.29, 0.717) is 21.9 Å². The van der Waals surface area contributed by atoms with E-state index in [0.717, 1.165) is 0 Å². The van der Waals surface area contributed by atoms with Crippen LogP contribution in [-0.4, -0.2) is 25.5 Å². The average Bonchev–Trinajstić information content (AvgIpc) is 2.58. The Kier molecular flexibility index (Phi) is 5.98. The highest BCUT2D eigenvalue weighted by molar-refractivity contribution is 6.31. The minimum Gasteiger partial charge on any atom is -0.546 e. The van der Waals surface area contributed by atoms with Gasteiger partial charge in [0.25, 0.3) is 0 Å². The molecule has 0 unspecified atom stereocenters. The van der Waals surface area contributed by atoms with Gasteiger partial charge in [-0.1, -0.05) is 35.9 Å². The third-order valence-electron chi connectivity index (χ3n) is 3.07. The van der Waals surface area contributed by atoms with Crippen LogP contribution in [0.4, 0.5) is 0 Å². The Hall–Kier alpha value is -2.79. The van der Waals surface area contributed by atoms with Crippen molar-refractivity contribution >= 4 is 29.4 Å². The molecule has 124 valence electrons. The molecule has 0 radical (unpaired) electrons. The number of rotatable bonds is 7. The van der Waals surface area contributed by atoms with E-state index in [1.54, 1.807) is 48.5 Å². The number of methoxy groups -OCH3 is 1. The van der Waals surface area contributed by atoms with Gasteiger partial charge in [0.2, 0.25) is 0 Å². The summed E-state index contributed by atoms with van der Waals surface area (Å²) >= 11 is 5.86. The highest BCUT2D eigenvalue weighted by Crippen LogP contribution is 2.28. The number of carboxylic acids is 1. The zero-order chi connectivity index (χ0) is 17.5. The lowest BCUT2D eigenvalue weighted by atomic mass is 10.1. The van der Waals surface area contributed by atoms with Crippen molar-refractivity contribution in [1.82, 2.24) is 0 Å². The minimum absolute atomic E-state index is 0.186. The van der Waals surface area contributed by atoms with Gasteiger partial charge in [0.05, 0.1) is 13.1 Å². The van der Waals surface area contributed by atoms with Crippen molar-refractivity contribution in [1.29, 1.82) is 0 Å². The molecular weight excluding hydrogens is 332 g/mol. The number of hydrogen-bond acceptors (Lipinski definition) is 5. The summed E-state index contributed by atoms with van der Waals surface area (Å²) in [5.41, 5.74) is 1.18. The first-order chi connectivity index (χ1) is 11.5. The zero-order valence-electron chi connectivity index (χ0n) is 12.8. The largest absolute Gasteiger partial charge is 0.546 e. The van der Waals surface area contributed by atoms with Crippen molar-refractivity contribution in [2.24, 2.45) is 0 Å². The molecule has 0 saturated carbocycles. The van der Waals surface area contributed by atoms with Crippen LogP contribution < -0.4 is 14.6 Å². The molecule has 0 aliphatic carbocycles. The fraction of sp³-hybridized carbons (Fsp3) is 0.111. The minimum atomic E-state index is -1.33. The Balaban J connectivity index is 2.14. The Labute approximate surface area is 144 Å². The highest BCUT2D eigenvalue weighted by Gasteiger charge is 2.06. The van der Waals surface area contributed by atoms with E-state index in [-0.39, 0.29) is 11.5 Å². The van der Waals surface area contributed by atoms with Gasteiger partial charge in [0.15, 0.2) is 17.3 Å². The van der Waals surface area contributed by atoms with Crippen molar-refractivity contribution in [2.45, 2.75) is 0 Å². The van der Waals surface area contributed by atoms with Crippen LogP contribution in [0.5, 0.6) is 11.5 Å². The molecule has 6 heteroatoms. The molecule has 0 aliphatic heterocycles. The lowest BCUT2D eigenvalue weighted by Gasteiger charge is -2.11. The number of allylic oxidation sites excluding steroid dienone is 1. The molecule has 24 heavy (non-hydrogen) atoms. The van der Waals surface area contributed by atoms with Gasteiger partial charge in [-0.05, 0) is 35.9 Å². The Bertz CT molecular complexity index is 783. The second-order valence-corrected chi connectivity index (χ2v) is 5.22. The van der Waals surface area contributed by atoms with Crippen LogP contribution in [0.25, 0.3) is 6.08 Å². The van der Waals surface area contributed by atoms with Gasteiger partial charge in [-0.15, -0.1) is 0 Å². The van der Waals surface area contributed by atoms with E-state index in [2.05, 4.69) is 0 Å². The fourth-order valence-electron chi connectivity index (χ4n) is 1.95. The lowest BCUT2D eigenvalue weighted by molar-refractivity contribution is -0.307. The van der Waals surface area contributed by atoms with Crippen molar-refractivity contribution in [2.75, 3.05) is 13.7 Å². The summed E-state index contributed by atoms with van der Waals surface area (Å²) in [6.45, 7) is -0.571. The molecule has 2 rings (SSSR count). The van der Waals surface area contributed by atoms with Crippen LogP contribution >= 0.6 is 11.6 Å². The number of ether oxygens (including phenoxy) is 2. The van der Waals surface area contributed by atoms with Gasteiger partial charge >= 0.3 is 0 Å². The van der Waals surface area contributed by atoms with E-state index in [4.69, 9.17) is 21.1 Å². The summed E-state index contributed by atoms with van der Waals surface area (Å²) in [7, 11) is 1.44. The van der Waals surface area contributed by atoms with Crippen LogP contribution in [0.15, 0.2) is 48.5 Å². The van der Waals surface area contributed by atoms with Crippen molar-refractivity contribution < 1.29 is 24.2 Å². The maximum atomic E-state index is 12.1. The molecule has 0 aliphatic rings. The third kappa shape index (κ3) is 4.86. The number of carboxylic acid groups (broad SMARTS) is 1. The first-order valence-electron chi connectivity index (χ1n) is 6.98. The van der Waals surface area contributed by atoms with Crippen LogP contribution in [0, 0.1) is 0 Å². The number of ketones is 1. The van der Waals surface area contributed by atoms with Gasteiger partial charge in [-0.3, -0.25) is 4.79 Å². The molecule has 0 atom stereocenters. The molecule has 0 N–H and O–H groups in total. The van der Waals surface area contributed by atoms with Crippen LogP contribution in [0.2, 0.25) is 5.02 Å². The van der Waals surface area contributed by atoms with Crippen molar-refractivity contribution in [3.63, 3.8) is 0 Å². The summed E-state index contributed by atoms with van der Waals surface area (Å²) < 4.78 is 10.2. The van der Waals surface area contributed by atoms with Crippen LogP contribution in [0.1, 0.15) is 15.9 Å². The summed E-state index contributed by atoms with van der Waals surface area (Å²) in [6, 6.07) is 11.5. The Morgan fingerprint density at radius 3 is 2.62 bits per heavy atom. The van der Waals surface area contributed by atoms with Crippen molar-refractivity contribution in [3.8, 4) is 11.5 Å². The van der Waals surface area contributed by atoms with Gasteiger partial charge in [0.1, 0.15) is 6.61 Å². The van der Waals surface area contributed by atoms with Crippen LogP contribution in [-0.2, 0) is 4.79 Å². The summed E-state index contributed by atoms with van der Waals surface area (Å²) in [4.78, 5) is 22.5. The zero-order valence-corrected chi connectivity index (χ0v) is 13.6. The Morgan fingerprint density at radius 2 is 1.96 bits per heavy atom. The molecule has 0 bridgehead atoms. The molecule has 0 aromatic heterocycles. The number of carbonyl (C=O) groups is 2. The number of halogens is 1. The van der Waals surface area contributed by atoms with Gasteiger partial charge in [-0.25, -0.2) is 0 Å². The smallest absolute Gasteiger partial charge is 0.185 e. The first kappa shape index (κ1) is 17.6. The quantitative estimate of drug-likeness (QED) is 0.569. The second-order valence-electron chi connectivity index (χ2n) is 4.78. The molecule has 0 heterocycles. The summed E-state index contributed by atoms with van der Waals surface area (Å²) in [6.07, 6.45) is 3.04. The SMILES string of the molecule is COc1cc(/C=C/C(=O)c2cccc(Cl)c2)ccc1OCC(=O)[O-]. The molecule has 0 fully saturated rings. The van der Waals surface area contributed by atoms with E-state index in [9.17, 15) is 14.7 Å². The highest BCUT2D eigenvalue weighted by atomic mass is 35.5. The molecule has 2 aromatic rings. The number of aliphatic carboxylic acids is 1. The van der Waals surface area contributed by atoms with Crippen molar-refractivity contribution in [3.05, 3.63) is 64.7 Å². The van der Waals surface area contributed by atoms with Gasteiger partial charge in [0, 0.05) is 10.6 Å². The van der Waals surface area contributed by atoms with Gasteiger partial charge < -0.3 is 19.4 Å². The number of benzene rings is 2. The summed E-state index contributed by atoms with van der Waals surface area (Å²) in [5.74, 6) is -0.879. The third-order valence-corrected chi connectivity index (χ3v) is 3.30. The monoisotopic (exact) mass is 345 g/mol. The lowest BCUT2D eigenvalue weighted by Crippen LogP contribution is -2.29. The predicted octanol–water partition coefficient (Wildman–Crippen LogP) is 2.37. The molecule has 0 amide bonds. The molecule has 0 spiro atoms. The van der Waals surface area contributed by atoms with Crippen LogP contribution in [0.3, 0.4) is 0 Å². The average molecular weight is 346 g/mol. The second kappa shape index (κ2) is 8.17. The molecule has 0 saturated heterocycles. The maximum Gasteiger partial charge on any atom is 0.185 e. The normalized spacial score (nSPS) is 10.6. The first-order valence-corrected chi connectivity index (χ1v) is 7.36. The number of carbonyl (C=O) groups excluding carboxylic acids is 2. The molecule has 5 nitrogen and oxygen atoms in total. The molecular formula is C18H14ClO5-. The number of hydrogen-bond donors (Lipinski definition) is 0.